The Labute approximate surface area is 245 Å². The quantitative estimate of drug-likeness (QED) is 0.401. The van der Waals surface area contributed by atoms with E-state index in [1.807, 2.05) is 37.4 Å². The molecule has 1 aliphatic heterocycles. The standard InChI is InChI=1S/C36H46N2O3/c1-23(22-37-34(41)26-12-10-25(11-13-26)33(40)24-8-6-5-7-9-24)28-15-16-29-27-14-17-31-36(3,21-19-32(39)38(31)4)30(27)18-20-35(28,29)2/h5-13,23,27-31H,14-22H2,1-4H3,(H,37,41)/t23?,27-,28+,29-,30-,31+,35+,36+/m0/s1. The van der Waals surface area contributed by atoms with Gasteiger partial charge in [-0.15, -0.1) is 0 Å². The second-order valence-corrected chi connectivity index (χ2v) is 14.2. The summed E-state index contributed by atoms with van der Waals surface area (Å²) in [6.07, 6.45) is 9.25. The largest absolute Gasteiger partial charge is 0.352 e. The Kier molecular flexibility index (Phi) is 7.36. The number of amides is 2. The van der Waals surface area contributed by atoms with Gasteiger partial charge in [0.15, 0.2) is 5.78 Å². The highest BCUT2D eigenvalue weighted by Gasteiger charge is 2.61. The van der Waals surface area contributed by atoms with Crippen LogP contribution in [0, 0.1) is 40.4 Å². The van der Waals surface area contributed by atoms with E-state index in [0.717, 1.165) is 30.6 Å². The third-order valence-corrected chi connectivity index (χ3v) is 12.3. The molecule has 5 nitrogen and oxygen atoms in total. The molecule has 3 saturated carbocycles. The van der Waals surface area contributed by atoms with E-state index in [0.29, 0.717) is 58.9 Å². The highest BCUT2D eigenvalue weighted by molar-refractivity contribution is 6.09. The number of piperidine rings is 1. The predicted octanol–water partition coefficient (Wildman–Crippen LogP) is 6.76. The zero-order valence-corrected chi connectivity index (χ0v) is 25.2. The van der Waals surface area contributed by atoms with Crippen LogP contribution in [-0.2, 0) is 4.79 Å². The first-order chi connectivity index (χ1) is 19.6. The fourth-order valence-electron chi connectivity index (χ4n) is 10.2. The van der Waals surface area contributed by atoms with Gasteiger partial charge in [-0.3, -0.25) is 14.4 Å². The number of benzene rings is 2. The number of nitrogens with one attached hydrogen (secondary N) is 1. The van der Waals surface area contributed by atoms with Crippen molar-refractivity contribution in [1.29, 1.82) is 0 Å². The van der Waals surface area contributed by atoms with Crippen LogP contribution in [0.1, 0.15) is 98.4 Å². The van der Waals surface area contributed by atoms with Crippen molar-refractivity contribution in [2.75, 3.05) is 13.6 Å². The Balaban J connectivity index is 1.08. The van der Waals surface area contributed by atoms with Gasteiger partial charge in [-0.1, -0.05) is 63.2 Å². The van der Waals surface area contributed by atoms with Crippen LogP contribution in [0.4, 0.5) is 0 Å². The molecule has 2 aromatic rings. The third-order valence-electron chi connectivity index (χ3n) is 12.3. The first kappa shape index (κ1) is 28.2. The van der Waals surface area contributed by atoms with E-state index in [4.69, 9.17) is 0 Å². The van der Waals surface area contributed by atoms with E-state index in [-0.39, 0.29) is 17.1 Å². The van der Waals surface area contributed by atoms with Crippen molar-refractivity contribution in [2.24, 2.45) is 40.4 Å². The summed E-state index contributed by atoms with van der Waals surface area (Å²) in [5, 5.41) is 3.22. The lowest BCUT2D eigenvalue weighted by Gasteiger charge is -2.62. The summed E-state index contributed by atoms with van der Waals surface area (Å²) in [6, 6.07) is 16.7. The second kappa shape index (κ2) is 10.7. The molecule has 5 heteroatoms. The average Bonchev–Trinajstić information content (AvgIpc) is 3.35. The Hall–Kier alpha value is -2.95. The Bertz CT molecular complexity index is 1310. The van der Waals surface area contributed by atoms with Gasteiger partial charge in [0.2, 0.25) is 5.91 Å². The van der Waals surface area contributed by atoms with Crippen LogP contribution in [0.25, 0.3) is 0 Å². The van der Waals surface area contributed by atoms with Crippen molar-refractivity contribution < 1.29 is 14.4 Å². The predicted molar refractivity (Wildman–Crippen MR) is 161 cm³/mol. The maximum absolute atomic E-state index is 13.1. The minimum atomic E-state index is -0.0684. The van der Waals surface area contributed by atoms with Gasteiger partial charge in [0.25, 0.3) is 5.91 Å². The van der Waals surface area contributed by atoms with Gasteiger partial charge in [0, 0.05) is 42.7 Å². The summed E-state index contributed by atoms with van der Waals surface area (Å²) >= 11 is 0. The van der Waals surface area contributed by atoms with Crippen molar-refractivity contribution in [3.8, 4) is 0 Å². The number of carbonyl (C=O) groups is 3. The fourth-order valence-corrected chi connectivity index (χ4v) is 10.2. The lowest BCUT2D eigenvalue weighted by Crippen LogP contribution is -2.61. The molecule has 0 bridgehead atoms. The van der Waals surface area contributed by atoms with E-state index in [2.05, 4.69) is 31.0 Å². The molecule has 0 spiro atoms. The molecule has 2 aromatic carbocycles. The zero-order valence-electron chi connectivity index (χ0n) is 25.2. The number of hydrogen-bond acceptors (Lipinski definition) is 3. The van der Waals surface area contributed by atoms with Crippen LogP contribution in [0.2, 0.25) is 0 Å². The molecular weight excluding hydrogens is 508 g/mol. The molecule has 41 heavy (non-hydrogen) atoms. The summed E-state index contributed by atoms with van der Waals surface area (Å²) in [4.78, 5) is 40.4. The Morgan fingerprint density at radius 2 is 1.51 bits per heavy atom. The first-order valence-corrected chi connectivity index (χ1v) is 15.9. The van der Waals surface area contributed by atoms with Gasteiger partial charge in [-0.05, 0) is 97.5 Å². The number of rotatable bonds is 6. The number of fused-ring (bicyclic) bond motifs is 5. The van der Waals surface area contributed by atoms with Gasteiger partial charge >= 0.3 is 0 Å². The lowest BCUT2D eigenvalue weighted by molar-refractivity contribution is -0.158. The van der Waals surface area contributed by atoms with Crippen LogP contribution in [0.15, 0.2) is 54.6 Å². The van der Waals surface area contributed by atoms with Crippen molar-refractivity contribution in [2.45, 2.75) is 78.2 Å². The molecule has 1 unspecified atom stereocenters. The molecule has 2 amide bonds. The summed E-state index contributed by atoms with van der Waals surface area (Å²) in [7, 11) is 2.04. The van der Waals surface area contributed by atoms with Gasteiger partial charge in [0.05, 0.1) is 0 Å². The minimum absolute atomic E-state index is 0.0311. The van der Waals surface area contributed by atoms with Crippen LogP contribution in [0.3, 0.4) is 0 Å². The number of hydrogen-bond donors (Lipinski definition) is 1. The van der Waals surface area contributed by atoms with Gasteiger partial charge < -0.3 is 10.2 Å². The van der Waals surface area contributed by atoms with E-state index in [9.17, 15) is 14.4 Å². The molecule has 0 aromatic heterocycles. The zero-order chi connectivity index (χ0) is 28.9. The number of nitrogens with zero attached hydrogens (tertiary/aromatic N) is 1. The van der Waals surface area contributed by atoms with E-state index in [1.165, 1.54) is 32.1 Å². The van der Waals surface area contributed by atoms with E-state index >= 15 is 0 Å². The monoisotopic (exact) mass is 554 g/mol. The Morgan fingerprint density at radius 3 is 2.24 bits per heavy atom. The fraction of sp³-hybridized carbons (Fsp3) is 0.583. The molecule has 6 rings (SSSR count). The SMILES string of the molecule is CC(CNC(=O)c1ccc(C(=O)c2ccccc2)cc1)[C@H]1CC[C@H]2[C@@H]3CC[C@H]4N(C)C(=O)CC[C@]4(C)[C@H]3CC[C@]12C. The van der Waals surface area contributed by atoms with Crippen molar-refractivity contribution >= 4 is 17.6 Å². The topological polar surface area (TPSA) is 66.5 Å². The molecule has 1 N–H and O–H groups in total. The number of likely N-dealkylation sites (tertiary alicyclic amines) is 1. The van der Waals surface area contributed by atoms with Gasteiger partial charge in [0.1, 0.15) is 0 Å². The normalized spacial score (nSPS) is 35.2. The smallest absolute Gasteiger partial charge is 0.251 e. The molecular formula is C36H46N2O3. The molecule has 8 atom stereocenters. The molecule has 1 saturated heterocycles. The minimum Gasteiger partial charge on any atom is -0.352 e. The van der Waals surface area contributed by atoms with Gasteiger partial charge in [-0.2, -0.15) is 0 Å². The number of carbonyl (C=O) groups excluding carboxylic acids is 3. The van der Waals surface area contributed by atoms with Crippen LogP contribution >= 0.6 is 0 Å². The molecule has 218 valence electrons. The summed E-state index contributed by atoms with van der Waals surface area (Å²) in [5.74, 6) is 3.49. The third kappa shape index (κ3) is 4.73. The van der Waals surface area contributed by atoms with E-state index < -0.39 is 0 Å². The molecule has 0 radical (unpaired) electrons. The lowest BCUT2D eigenvalue weighted by atomic mass is 9.46. The summed E-state index contributed by atoms with van der Waals surface area (Å²) in [6.45, 7) is 8.05. The summed E-state index contributed by atoms with van der Waals surface area (Å²) in [5.41, 5.74) is 2.42. The maximum Gasteiger partial charge on any atom is 0.251 e. The van der Waals surface area contributed by atoms with Gasteiger partial charge in [-0.25, -0.2) is 0 Å². The summed E-state index contributed by atoms with van der Waals surface area (Å²) < 4.78 is 0. The average molecular weight is 555 g/mol. The van der Waals surface area contributed by atoms with E-state index in [1.54, 1.807) is 24.3 Å². The van der Waals surface area contributed by atoms with Crippen molar-refractivity contribution in [3.63, 3.8) is 0 Å². The maximum atomic E-state index is 13.1. The van der Waals surface area contributed by atoms with Crippen molar-refractivity contribution in [1.82, 2.24) is 10.2 Å². The van der Waals surface area contributed by atoms with Crippen LogP contribution < -0.4 is 5.32 Å². The number of ketones is 1. The first-order valence-electron chi connectivity index (χ1n) is 15.9. The Morgan fingerprint density at radius 1 is 0.854 bits per heavy atom. The van der Waals surface area contributed by atoms with Crippen LogP contribution in [-0.4, -0.2) is 42.1 Å². The molecule has 3 aliphatic carbocycles. The van der Waals surface area contributed by atoms with Crippen LogP contribution in [0.5, 0.6) is 0 Å². The highest BCUT2D eigenvalue weighted by atomic mass is 16.2. The highest BCUT2D eigenvalue weighted by Crippen LogP contribution is 2.67. The second-order valence-electron chi connectivity index (χ2n) is 14.2. The van der Waals surface area contributed by atoms with Crippen molar-refractivity contribution in [3.05, 3.63) is 71.3 Å². The molecule has 4 fully saturated rings. The molecule has 4 aliphatic rings. The molecule has 1 heterocycles.